The first-order chi connectivity index (χ1) is 8.58. The lowest BCUT2D eigenvalue weighted by atomic mass is 10.1. The zero-order valence-corrected chi connectivity index (χ0v) is 10.2. The third kappa shape index (κ3) is 2.62. The molecule has 0 fully saturated rings. The Balaban J connectivity index is 2.25. The van der Waals surface area contributed by atoms with Crippen LogP contribution in [0.1, 0.15) is 15.9 Å². The average molecular weight is 266 g/mol. The molecule has 1 heterocycles. The van der Waals surface area contributed by atoms with Gasteiger partial charge in [-0.1, -0.05) is 11.6 Å². The maximum atomic E-state index is 12.9. The van der Waals surface area contributed by atoms with Gasteiger partial charge < -0.3 is 5.32 Å². The molecule has 1 aromatic heterocycles. The summed E-state index contributed by atoms with van der Waals surface area (Å²) in [4.78, 5) is 19.6. The highest BCUT2D eigenvalue weighted by atomic mass is 35.5. The Hall–Kier alpha value is -2.01. The lowest BCUT2D eigenvalue weighted by Gasteiger charge is -2.07. The number of amides is 1. The normalized spacial score (nSPS) is 10.2. The standard InChI is InChI=1S/C12H9ClFN3O/c1-7-6-8(14)2-3-9(7)12(18)17-11-10(13)15-4-5-16-11/h2-6H,1H3,(H,16,17,18). The van der Waals surface area contributed by atoms with E-state index in [9.17, 15) is 9.18 Å². The SMILES string of the molecule is Cc1cc(F)ccc1C(=O)Nc1nccnc1Cl. The van der Waals surface area contributed by atoms with Gasteiger partial charge in [0.05, 0.1) is 0 Å². The molecule has 2 rings (SSSR count). The highest BCUT2D eigenvalue weighted by Gasteiger charge is 2.12. The van der Waals surface area contributed by atoms with Gasteiger partial charge in [0.1, 0.15) is 5.82 Å². The van der Waals surface area contributed by atoms with Crippen LogP contribution in [0, 0.1) is 12.7 Å². The van der Waals surface area contributed by atoms with Crippen molar-refractivity contribution in [1.29, 1.82) is 0 Å². The van der Waals surface area contributed by atoms with E-state index in [1.54, 1.807) is 6.92 Å². The second-order valence-corrected chi connectivity index (χ2v) is 3.97. The summed E-state index contributed by atoms with van der Waals surface area (Å²) in [6.07, 6.45) is 2.83. The number of aryl methyl sites for hydroxylation is 1. The Kier molecular flexibility index (Phi) is 3.53. The van der Waals surface area contributed by atoms with E-state index in [1.165, 1.54) is 30.6 Å². The van der Waals surface area contributed by atoms with Gasteiger partial charge >= 0.3 is 0 Å². The molecule has 4 nitrogen and oxygen atoms in total. The largest absolute Gasteiger partial charge is 0.304 e. The van der Waals surface area contributed by atoms with E-state index in [4.69, 9.17) is 11.6 Å². The van der Waals surface area contributed by atoms with Crippen LogP contribution in [0.15, 0.2) is 30.6 Å². The van der Waals surface area contributed by atoms with E-state index >= 15 is 0 Å². The lowest BCUT2D eigenvalue weighted by molar-refractivity contribution is 0.102. The zero-order chi connectivity index (χ0) is 13.1. The van der Waals surface area contributed by atoms with Crippen molar-refractivity contribution in [2.75, 3.05) is 5.32 Å². The fourth-order valence-corrected chi connectivity index (χ4v) is 1.61. The molecular weight excluding hydrogens is 257 g/mol. The van der Waals surface area contributed by atoms with Gasteiger partial charge in [-0.05, 0) is 30.7 Å². The van der Waals surface area contributed by atoms with Gasteiger partial charge in [-0.2, -0.15) is 0 Å². The Morgan fingerprint density at radius 3 is 2.72 bits per heavy atom. The van der Waals surface area contributed by atoms with E-state index in [2.05, 4.69) is 15.3 Å². The molecule has 0 saturated heterocycles. The van der Waals surface area contributed by atoms with Crippen LogP contribution in [0.4, 0.5) is 10.2 Å². The number of benzene rings is 1. The quantitative estimate of drug-likeness (QED) is 0.908. The average Bonchev–Trinajstić information content (AvgIpc) is 2.32. The molecule has 1 amide bonds. The third-order valence-corrected chi connectivity index (χ3v) is 2.60. The summed E-state index contributed by atoms with van der Waals surface area (Å²) in [5.74, 6) is -0.621. The summed E-state index contributed by atoms with van der Waals surface area (Å²) in [6, 6.07) is 3.91. The number of halogens is 2. The number of aromatic nitrogens is 2. The van der Waals surface area contributed by atoms with Gasteiger partial charge in [0, 0.05) is 18.0 Å². The summed E-state index contributed by atoms with van der Waals surface area (Å²) in [5.41, 5.74) is 0.894. The number of anilines is 1. The maximum absolute atomic E-state index is 12.9. The number of carbonyl (C=O) groups is 1. The highest BCUT2D eigenvalue weighted by molar-refractivity contribution is 6.32. The van der Waals surface area contributed by atoms with Crippen LogP contribution in [0.3, 0.4) is 0 Å². The maximum Gasteiger partial charge on any atom is 0.257 e. The first-order valence-corrected chi connectivity index (χ1v) is 5.50. The minimum absolute atomic E-state index is 0.102. The molecule has 1 N–H and O–H groups in total. The van der Waals surface area contributed by atoms with Gasteiger partial charge in [0.15, 0.2) is 11.0 Å². The first-order valence-electron chi connectivity index (χ1n) is 5.12. The zero-order valence-electron chi connectivity index (χ0n) is 9.45. The van der Waals surface area contributed by atoms with Gasteiger partial charge in [-0.15, -0.1) is 0 Å². The third-order valence-electron chi connectivity index (χ3n) is 2.32. The Morgan fingerprint density at radius 2 is 2.06 bits per heavy atom. The molecule has 0 radical (unpaired) electrons. The fraction of sp³-hybridized carbons (Fsp3) is 0.0833. The van der Waals surface area contributed by atoms with Crippen molar-refractivity contribution >= 4 is 23.3 Å². The lowest BCUT2D eigenvalue weighted by Crippen LogP contribution is -2.15. The van der Waals surface area contributed by atoms with Gasteiger partial charge in [0.25, 0.3) is 5.91 Å². The van der Waals surface area contributed by atoms with Crippen molar-refractivity contribution in [3.63, 3.8) is 0 Å². The van der Waals surface area contributed by atoms with Crippen LogP contribution in [0.2, 0.25) is 5.15 Å². The van der Waals surface area contributed by atoms with E-state index in [-0.39, 0.29) is 16.8 Å². The van der Waals surface area contributed by atoms with Crippen molar-refractivity contribution in [1.82, 2.24) is 9.97 Å². The van der Waals surface area contributed by atoms with Crippen molar-refractivity contribution in [3.05, 3.63) is 52.7 Å². The molecule has 0 aliphatic rings. The van der Waals surface area contributed by atoms with Crippen molar-refractivity contribution < 1.29 is 9.18 Å². The van der Waals surface area contributed by atoms with E-state index in [0.29, 0.717) is 11.1 Å². The predicted molar refractivity (Wildman–Crippen MR) is 66.1 cm³/mol. The summed E-state index contributed by atoms with van der Waals surface area (Å²) in [6.45, 7) is 1.65. The molecule has 0 saturated carbocycles. The molecule has 0 unspecified atom stereocenters. The molecule has 0 aliphatic heterocycles. The summed E-state index contributed by atoms with van der Waals surface area (Å²) in [7, 11) is 0. The Labute approximate surface area is 108 Å². The molecule has 2 aromatic rings. The molecule has 0 spiro atoms. The van der Waals surface area contributed by atoms with Crippen LogP contribution in [0.25, 0.3) is 0 Å². The second kappa shape index (κ2) is 5.10. The minimum Gasteiger partial charge on any atom is -0.304 e. The van der Waals surface area contributed by atoms with Gasteiger partial charge in [-0.25, -0.2) is 14.4 Å². The predicted octanol–water partition coefficient (Wildman–Crippen LogP) is 2.83. The summed E-state index contributed by atoms with van der Waals surface area (Å²) >= 11 is 5.77. The molecule has 92 valence electrons. The van der Waals surface area contributed by atoms with Crippen molar-refractivity contribution in [2.24, 2.45) is 0 Å². The molecular formula is C12H9ClFN3O. The van der Waals surface area contributed by atoms with Crippen LogP contribution >= 0.6 is 11.6 Å². The molecule has 6 heteroatoms. The summed E-state index contributed by atoms with van der Waals surface area (Å²) < 4.78 is 12.9. The Bertz CT molecular complexity index is 604. The first kappa shape index (κ1) is 12.4. The smallest absolute Gasteiger partial charge is 0.257 e. The van der Waals surface area contributed by atoms with E-state index in [1.807, 2.05) is 0 Å². The molecule has 0 atom stereocenters. The number of carbonyl (C=O) groups excluding carboxylic acids is 1. The Morgan fingerprint density at radius 1 is 1.33 bits per heavy atom. The number of hydrogen-bond donors (Lipinski definition) is 1. The van der Waals surface area contributed by atoms with Crippen LogP contribution in [-0.4, -0.2) is 15.9 Å². The van der Waals surface area contributed by atoms with Crippen LogP contribution < -0.4 is 5.32 Å². The monoisotopic (exact) mass is 265 g/mol. The number of rotatable bonds is 2. The summed E-state index contributed by atoms with van der Waals surface area (Å²) in [5, 5.41) is 2.62. The van der Waals surface area contributed by atoms with E-state index < -0.39 is 5.91 Å². The van der Waals surface area contributed by atoms with Gasteiger partial charge in [0.2, 0.25) is 0 Å². The molecule has 0 bridgehead atoms. The fourth-order valence-electron chi connectivity index (χ4n) is 1.46. The second-order valence-electron chi connectivity index (χ2n) is 3.61. The topological polar surface area (TPSA) is 54.9 Å². The molecule has 18 heavy (non-hydrogen) atoms. The van der Waals surface area contributed by atoms with Crippen molar-refractivity contribution in [2.45, 2.75) is 6.92 Å². The number of nitrogens with zero attached hydrogens (tertiary/aromatic N) is 2. The van der Waals surface area contributed by atoms with Gasteiger partial charge in [-0.3, -0.25) is 4.79 Å². The minimum atomic E-state index is -0.408. The number of hydrogen-bond acceptors (Lipinski definition) is 3. The van der Waals surface area contributed by atoms with E-state index in [0.717, 1.165) is 0 Å². The molecule has 1 aromatic carbocycles. The van der Waals surface area contributed by atoms with Crippen LogP contribution in [0.5, 0.6) is 0 Å². The number of nitrogens with one attached hydrogen (secondary N) is 1. The highest BCUT2D eigenvalue weighted by Crippen LogP contribution is 2.17. The van der Waals surface area contributed by atoms with Crippen LogP contribution in [-0.2, 0) is 0 Å². The molecule has 0 aliphatic carbocycles. The van der Waals surface area contributed by atoms with Crippen molar-refractivity contribution in [3.8, 4) is 0 Å².